The highest BCUT2D eigenvalue weighted by atomic mass is 19.4. The first-order chi connectivity index (χ1) is 16.6. The zero-order chi connectivity index (χ0) is 26.2. The van der Waals surface area contributed by atoms with Gasteiger partial charge in [-0.3, -0.25) is 14.8 Å². The highest BCUT2D eigenvalue weighted by Crippen LogP contribution is 2.34. The van der Waals surface area contributed by atoms with Crippen molar-refractivity contribution >= 4 is 22.9 Å². The topological polar surface area (TPSA) is 87.1 Å². The van der Waals surface area contributed by atoms with Crippen molar-refractivity contribution in [3.05, 3.63) is 78.3 Å². The molecule has 1 amide bonds. The predicted octanol–water partition coefficient (Wildman–Crippen LogP) is 6.08. The summed E-state index contributed by atoms with van der Waals surface area (Å²) in [6, 6.07) is 8.12. The van der Waals surface area contributed by atoms with Gasteiger partial charge in [0.05, 0.1) is 28.6 Å². The lowest BCUT2D eigenvalue weighted by Crippen LogP contribution is -2.31. The molecular weight excluding hydrogens is 457 g/mol. The Bertz CT molecular complexity index is 1180. The van der Waals surface area contributed by atoms with Crippen LogP contribution in [-0.4, -0.2) is 33.6 Å². The monoisotopic (exact) mass is 486 g/mol. The largest absolute Gasteiger partial charge is 0.416 e. The lowest BCUT2D eigenvalue weighted by Gasteiger charge is -2.16. The number of nitrogens with zero attached hydrogens (tertiary/aromatic N) is 2. The Morgan fingerprint density at radius 2 is 1.83 bits per heavy atom. The van der Waals surface area contributed by atoms with E-state index in [1.165, 1.54) is 24.7 Å². The molecule has 0 bridgehead atoms. The van der Waals surface area contributed by atoms with Crippen molar-refractivity contribution in [2.45, 2.75) is 40.0 Å². The van der Waals surface area contributed by atoms with Gasteiger partial charge < -0.3 is 15.7 Å². The first-order valence-electron chi connectivity index (χ1n) is 11.1. The summed E-state index contributed by atoms with van der Waals surface area (Å²) in [7, 11) is 0. The molecule has 3 aromatic rings. The molecule has 186 valence electrons. The normalized spacial score (nSPS) is 11.7. The zero-order valence-electron chi connectivity index (χ0n) is 20.1. The van der Waals surface area contributed by atoms with Gasteiger partial charge in [-0.05, 0) is 43.7 Å². The van der Waals surface area contributed by atoms with E-state index in [4.69, 9.17) is 0 Å². The van der Waals surface area contributed by atoms with Crippen LogP contribution in [0.25, 0.3) is 16.8 Å². The van der Waals surface area contributed by atoms with E-state index in [0.717, 1.165) is 12.1 Å². The van der Waals surface area contributed by atoms with Crippen molar-refractivity contribution in [3.8, 4) is 11.3 Å². The van der Waals surface area contributed by atoms with Gasteiger partial charge >= 0.3 is 6.18 Å². The second-order valence-electron chi connectivity index (χ2n) is 7.58. The minimum atomic E-state index is -4.47. The zero-order valence-corrected chi connectivity index (χ0v) is 20.1. The summed E-state index contributed by atoms with van der Waals surface area (Å²) in [6.45, 7) is 11.3. The molecule has 3 rings (SSSR count). The SMILES string of the molecule is C=C(C)c1cnc(-c2cccc(C(F)(F)F)c2)cc1Nc1ccncc1C(=O)NCC(C)O.CC. The van der Waals surface area contributed by atoms with Crippen molar-refractivity contribution < 1.29 is 23.1 Å². The second kappa shape index (κ2) is 12.1. The Hall–Kier alpha value is -3.72. The first-order valence-corrected chi connectivity index (χ1v) is 11.1. The Balaban J connectivity index is 0.00000210. The maximum absolute atomic E-state index is 13.1. The molecular formula is C26H29F3N4O2. The molecule has 6 nitrogen and oxygen atoms in total. The molecule has 0 aliphatic carbocycles. The summed E-state index contributed by atoms with van der Waals surface area (Å²) in [4.78, 5) is 20.9. The number of amides is 1. The number of aliphatic hydroxyl groups excluding tert-OH is 1. The van der Waals surface area contributed by atoms with Crippen molar-refractivity contribution in [1.29, 1.82) is 0 Å². The third kappa shape index (κ3) is 7.38. The van der Waals surface area contributed by atoms with Gasteiger partial charge in [0.1, 0.15) is 0 Å². The number of benzene rings is 1. The van der Waals surface area contributed by atoms with Crippen LogP contribution in [0.5, 0.6) is 0 Å². The number of allylic oxidation sites excluding steroid dienone is 1. The molecule has 9 heteroatoms. The van der Waals surface area contributed by atoms with Gasteiger partial charge in [-0.25, -0.2) is 0 Å². The molecule has 2 heterocycles. The van der Waals surface area contributed by atoms with Crippen LogP contribution in [0.15, 0.2) is 61.6 Å². The number of aliphatic hydroxyl groups is 1. The molecule has 0 spiro atoms. The van der Waals surface area contributed by atoms with Gasteiger partial charge in [0.2, 0.25) is 0 Å². The molecule has 0 aliphatic heterocycles. The molecule has 1 unspecified atom stereocenters. The van der Waals surface area contributed by atoms with Crippen molar-refractivity contribution in [2.24, 2.45) is 0 Å². The summed E-state index contributed by atoms with van der Waals surface area (Å²) in [5.41, 5.74) is 2.34. The van der Waals surface area contributed by atoms with Crippen LogP contribution in [0.2, 0.25) is 0 Å². The van der Waals surface area contributed by atoms with Gasteiger partial charge in [0.15, 0.2) is 0 Å². The summed E-state index contributed by atoms with van der Waals surface area (Å²) < 4.78 is 39.4. The van der Waals surface area contributed by atoms with Crippen LogP contribution in [0.4, 0.5) is 24.5 Å². The molecule has 1 aromatic carbocycles. The van der Waals surface area contributed by atoms with E-state index < -0.39 is 23.8 Å². The van der Waals surface area contributed by atoms with E-state index in [1.54, 1.807) is 32.0 Å². The highest BCUT2D eigenvalue weighted by molar-refractivity contribution is 6.00. The number of hydrogen-bond acceptors (Lipinski definition) is 5. The average molecular weight is 487 g/mol. The molecule has 35 heavy (non-hydrogen) atoms. The number of anilines is 2. The van der Waals surface area contributed by atoms with Gasteiger partial charge in [0.25, 0.3) is 5.91 Å². The lowest BCUT2D eigenvalue weighted by atomic mass is 10.0. The summed E-state index contributed by atoms with van der Waals surface area (Å²) >= 11 is 0. The van der Waals surface area contributed by atoms with Gasteiger partial charge in [0, 0.05) is 41.9 Å². The maximum atomic E-state index is 13.1. The Morgan fingerprint density at radius 1 is 1.11 bits per heavy atom. The van der Waals surface area contributed by atoms with Crippen molar-refractivity contribution in [3.63, 3.8) is 0 Å². The number of aromatic nitrogens is 2. The third-order valence-corrected chi connectivity index (χ3v) is 4.74. The van der Waals surface area contributed by atoms with Crippen LogP contribution in [0, 0.1) is 0 Å². The van der Waals surface area contributed by atoms with Gasteiger partial charge in [-0.15, -0.1) is 0 Å². The van der Waals surface area contributed by atoms with Crippen molar-refractivity contribution in [2.75, 3.05) is 11.9 Å². The van der Waals surface area contributed by atoms with E-state index >= 15 is 0 Å². The average Bonchev–Trinajstić information content (AvgIpc) is 2.83. The van der Waals surface area contributed by atoms with Crippen LogP contribution < -0.4 is 10.6 Å². The molecule has 0 saturated carbocycles. The molecule has 3 N–H and O–H groups in total. The minimum Gasteiger partial charge on any atom is -0.392 e. The van der Waals surface area contributed by atoms with Crippen LogP contribution in [-0.2, 0) is 6.18 Å². The van der Waals surface area contributed by atoms with Gasteiger partial charge in [-0.1, -0.05) is 32.6 Å². The Labute approximate surface area is 203 Å². The lowest BCUT2D eigenvalue weighted by molar-refractivity contribution is -0.137. The molecule has 0 radical (unpaired) electrons. The molecule has 2 aromatic heterocycles. The Kier molecular flexibility index (Phi) is 9.53. The number of halogens is 3. The number of rotatable bonds is 7. The number of carbonyl (C=O) groups is 1. The van der Waals surface area contributed by atoms with Gasteiger partial charge in [-0.2, -0.15) is 13.2 Å². The summed E-state index contributed by atoms with van der Waals surface area (Å²) in [5, 5.41) is 15.2. The maximum Gasteiger partial charge on any atom is 0.416 e. The number of alkyl halides is 3. The van der Waals surface area contributed by atoms with Crippen LogP contribution >= 0.6 is 0 Å². The second-order valence-corrected chi connectivity index (χ2v) is 7.58. The van der Waals surface area contributed by atoms with Crippen LogP contribution in [0.1, 0.15) is 49.2 Å². The number of hydrogen-bond donors (Lipinski definition) is 3. The summed E-state index contributed by atoms with van der Waals surface area (Å²) in [6.07, 6.45) is -0.778. The third-order valence-electron chi connectivity index (χ3n) is 4.74. The summed E-state index contributed by atoms with van der Waals surface area (Å²) in [5.74, 6) is -0.435. The standard InChI is InChI=1S/C24H23F3N4O2.C2H6/c1-14(2)18-13-29-21(16-5-4-6-17(9-16)24(25,26)27)10-22(18)31-20-7-8-28-12-19(20)23(33)30-11-15(3)32;1-2/h4-10,12-13,15,32H,1,11H2,2-3H3,(H,30,33)(H,28,29,31);1-2H3. The smallest absolute Gasteiger partial charge is 0.392 e. The van der Waals surface area contributed by atoms with E-state index in [1.807, 2.05) is 13.8 Å². The highest BCUT2D eigenvalue weighted by Gasteiger charge is 2.30. The molecule has 0 saturated heterocycles. The van der Waals surface area contributed by atoms with E-state index in [2.05, 4.69) is 27.2 Å². The fourth-order valence-corrected chi connectivity index (χ4v) is 3.08. The Morgan fingerprint density at radius 3 is 2.46 bits per heavy atom. The molecule has 1 atom stereocenters. The fourth-order valence-electron chi connectivity index (χ4n) is 3.08. The molecule has 0 aliphatic rings. The predicted molar refractivity (Wildman–Crippen MR) is 132 cm³/mol. The number of pyridine rings is 2. The van der Waals surface area contributed by atoms with Crippen molar-refractivity contribution in [1.82, 2.24) is 15.3 Å². The fraction of sp³-hybridized carbons (Fsp3) is 0.269. The quantitative estimate of drug-likeness (QED) is 0.377. The van der Waals surface area contributed by atoms with E-state index in [0.29, 0.717) is 33.8 Å². The molecule has 0 fully saturated rings. The minimum absolute atomic E-state index is 0.0686. The van der Waals surface area contributed by atoms with E-state index in [9.17, 15) is 23.1 Å². The number of carbonyl (C=O) groups excluding carboxylic acids is 1. The van der Waals surface area contributed by atoms with E-state index in [-0.39, 0.29) is 12.1 Å². The first kappa shape index (κ1) is 27.5. The number of nitrogens with one attached hydrogen (secondary N) is 2. The van der Waals surface area contributed by atoms with Crippen LogP contribution in [0.3, 0.4) is 0 Å².